The fraction of sp³-hybridized carbons (Fsp3) is 0.375. The molecule has 1 aromatic carbocycles. The van der Waals surface area contributed by atoms with Crippen LogP contribution >= 0.6 is 11.3 Å². The number of carbonyl (C=O) groups excluding carboxylic acids is 1. The van der Waals surface area contributed by atoms with Gasteiger partial charge in [0.2, 0.25) is 0 Å². The van der Waals surface area contributed by atoms with Crippen molar-refractivity contribution < 1.29 is 4.79 Å². The standard InChI is InChI=1S/C16H21N3OS/c1-5-17-12(4)14-9-21-16(18-14)19-15(20)13-8-10(2)6-7-11(13)3/h6-9,12,17H,5H2,1-4H3,(H,18,19,20). The third-order valence-electron chi connectivity index (χ3n) is 3.33. The van der Waals surface area contributed by atoms with Gasteiger partial charge in [-0.05, 0) is 38.9 Å². The minimum absolute atomic E-state index is 0.104. The molecule has 2 N–H and O–H groups in total. The van der Waals surface area contributed by atoms with Crippen LogP contribution in [0.25, 0.3) is 0 Å². The summed E-state index contributed by atoms with van der Waals surface area (Å²) in [7, 11) is 0. The second kappa shape index (κ2) is 6.83. The Balaban J connectivity index is 2.11. The molecular weight excluding hydrogens is 282 g/mol. The Morgan fingerprint density at radius 1 is 1.38 bits per heavy atom. The minimum atomic E-state index is -0.104. The van der Waals surface area contributed by atoms with Crippen LogP contribution in [-0.2, 0) is 0 Å². The second-order valence-electron chi connectivity index (χ2n) is 5.13. The monoisotopic (exact) mass is 303 g/mol. The van der Waals surface area contributed by atoms with Crippen molar-refractivity contribution in [3.63, 3.8) is 0 Å². The van der Waals surface area contributed by atoms with Crippen molar-refractivity contribution in [3.8, 4) is 0 Å². The molecule has 1 atom stereocenters. The molecule has 0 fully saturated rings. The van der Waals surface area contributed by atoms with Crippen molar-refractivity contribution in [1.82, 2.24) is 10.3 Å². The summed E-state index contributed by atoms with van der Waals surface area (Å²) < 4.78 is 0. The molecule has 1 aromatic heterocycles. The van der Waals surface area contributed by atoms with Gasteiger partial charge in [-0.1, -0.05) is 24.6 Å². The lowest BCUT2D eigenvalue weighted by atomic mass is 10.1. The van der Waals surface area contributed by atoms with Crippen molar-refractivity contribution in [2.24, 2.45) is 0 Å². The highest BCUT2D eigenvalue weighted by Gasteiger charge is 2.13. The zero-order valence-electron chi connectivity index (χ0n) is 12.9. The van der Waals surface area contributed by atoms with Gasteiger partial charge in [-0.3, -0.25) is 10.1 Å². The van der Waals surface area contributed by atoms with E-state index < -0.39 is 0 Å². The van der Waals surface area contributed by atoms with Gasteiger partial charge in [0.1, 0.15) is 0 Å². The van der Waals surface area contributed by atoms with Gasteiger partial charge in [0.05, 0.1) is 5.69 Å². The topological polar surface area (TPSA) is 54.0 Å². The fourth-order valence-corrected chi connectivity index (χ4v) is 2.90. The number of hydrogen-bond donors (Lipinski definition) is 2. The fourth-order valence-electron chi connectivity index (χ4n) is 2.10. The molecule has 4 nitrogen and oxygen atoms in total. The third kappa shape index (κ3) is 3.89. The molecule has 1 unspecified atom stereocenters. The summed E-state index contributed by atoms with van der Waals surface area (Å²) in [5.74, 6) is -0.104. The van der Waals surface area contributed by atoms with Crippen LogP contribution in [0.15, 0.2) is 23.6 Å². The predicted molar refractivity (Wildman–Crippen MR) is 88.1 cm³/mol. The zero-order valence-corrected chi connectivity index (χ0v) is 13.7. The van der Waals surface area contributed by atoms with Crippen LogP contribution in [-0.4, -0.2) is 17.4 Å². The molecule has 0 spiro atoms. The van der Waals surface area contributed by atoms with Gasteiger partial charge >= 0.3 is 0 Å². The predicted octanol–water partition coefficient (Wildman–Crippen LogP) is 3.68. The number of amides is 1. The first kappa shape index (κ1) is 15.7. The summed E-state index contributed by atoms with van der Waals surface area (Å²) in [6, 6.07) is 6.06. The highest BCUT2D eigenvalue weighted by molar-refractivity contribution is 7.14. The number of nitrogens with one attached hydrogen (secondary N) is 2. The van der Waals surface area contributed by atoms with Gasteiger partial charge in [-0.2, -0.15) is 0 Å². The summed E-state index contributed by atoms with van der Waals surface area (Å²) >= 11 is 1.45. The smallest absolute Gasteiger partial charge is 0.257 e. The molecular formula is C16H21N3OS. The Hall–Kier alpha value is -1.72. The van der Waals surface area contributed by atoms with Gasteiger partial charge < -0.3 is 5.32 Å². The van der Waals surface area contributed by atoms with Crippen molar-refractivity contribution in [2.75, 3.05) is 11.9 Å². The van der Waals surface area contributed by atoms with E-state index in [1.54, 1.807) is 0 Å². The normalized spacial score (nSPS) is 12.2. The Kier molecular flexibility index (Phi) is 5.09. The maximum atomic E-state index is 12.3. The molecule has 0 aliphatic heterocycles. The number of carbonyl (C=O) groups is 1. The molecule has 2 aromatic rings. The first-order chi connectivity index (χ1) is 10.0. The highest BCUT2D eigenvalue weighted by Crippen LogP contribution is 2.21. The molecule has 1 heterocycles. The van der Waals surface area contributed by atoms with E-state index in [0.717, 1.165) is 23.4 Å². The van der Waals surface area contributed by atoms with Crippen molar-refractivity contribution >= 4 is 22.4 Å². The molecule has 0 saturated carbocycles. The van der Waals surface area contributed by atoms with E-state index in [2.05, 4.69) is 29.5 Å². The van der Waals surface area contributed by atoms with E-state index in [1.165, 1.54) is 11.3 Å². The molecule has 0 bridgehead atoms. The van der Waals surface area contributed by atoms with Crippen molar-refractivity contribution in [2.45, 2.75) is 33.7 Å². The first-order valence-corrected chi connectivity index (χ1v) is 7.96. The van der Waals surface area contributed by atoms with Crippen molar-refractivity contribution in [1.29, 1.82) is 0 Å². The molecule has 1 amide bonds. The summed E-state index contributed by atoms with van der Waals surface area (Å²) in [5, 5.41) is 8.81. The van der Waals surface area contributed by atoms with E-state index >= 15 is 0 Å². The Bertz CT molecular complexity index is 636. The Labute approximate surface area is 129 Å². The van der Waals surface area contributed by atoms with Gasteiger partial charge in [0.15, 0.2) is 5.13 Å². The Morgan fingerprint density at radius 2 is 2.14 bits per heavy atom. The SMILES string of the molecule is CCNC(C)c1csc(NC(=O)c2cc(C)ccc2C)n1. The van der Waals surface area contributed by atoms with Gasteiger partial charge in [-0.25, -0.2) is 4.98 Å². The third-order valence-corrected chi connectivity index (χ3v) is 4.11. The number of benzene rings is 1. The van der Waals surface area contributed by atoms with Crippen LogP contribution in [0.5, 0.6) is 0 Å². The lowest BCUT2D eigenvalue weighted by Gasteiger charge is -2.08. The van der Waals surface area contributed by atoms with E-state index in [4.69, 9.17) is 0 Å². The minimum Gasteiger partial charge on any atom is -0.309 e. The van der Waals surface area contributed by atoms with E-state index in [1.807, 2.05) is 37.4 Å². The number of nitrogens with zero attached hydrogens (tertiary/aromatic N) is 1. The lowest BCUT2D eigenvalue weighted by Crippen LogP contribution is -2.18. The maximum absolute atomic E-state index is 12.3. The molecule has 0 aliphatic carbocycles. The summed E-state index contributed by atoms with van der Waals surface area (Å²) in [5.41, 5.74) is 3.70. The number of thiazole rings is 1. The van der Waals surface area contributed by atoms with Crippen LogP contribution in [0.4, 0.5) is 5.13 Å². The average molecular weight is 303 g/mol. The highest BCUT2D eigenvalue weighted by atomic mass is 32.1. The zero-order chi connectivity index (χ0) is 15.4. The number of aryl methyl sites for hydroxylation is 2. The second-order valence-corrected chi connectivity index (χ2v) is 5.99. The van der Waals surface area contributed by atoms with Crippen LogP contribution in [0.3, 0.4) is 0 Å². The average Bonchev–Trinajstić information content (AvgIpc) is 2.90. The van der Waals surface area contributed by atoms with Crippen LogP contribution < -0.4 is 10.6 Å². The van der Waals surface area contributed by atoms with E-state index in [9.17, 15) is 4.79 Å². The maximum Gasteiger partial charge on any atom is 0.257 e. The molecule has 21 heavy (non-hydrogen) atoms. The van der Waals surface area contributed by atoms with Gasteiger partial charge in [0.25, 0.3) is 5.91 Å². The largest absolute Gasteiger partial charge is 0.309 e. The van der Waals surface area contributed by atoms with E-state index in [0.29, 0.717) is 10.7 Å². The molecule has 0 aliphatic rings. The number of aromatic nitrogens is 1. The number of hydrogen-bond acceptors (Lipinski definition) is 4. The van der Waals surface area contributed by atoms with Crippen LogP contribution in [0.2, 0.25) is 0 Å². The van der Waals surface area contributed by atoms with Gasteiger partial charge in [0, 0.05) is 17.0 Å². The number of anilines is 1. The molecule has 112 valence electrons. The first-order valence-electron chi connectivity index (χ1n) is 7.08. The summed E-state index contributed by atoms with van der Waals surface area (Å²) in [4.78, 5) is 16.8. The Morgan fingerprint density at radius 3 is 2.86 bits per heavy atom. The van der Waals surface area contributed by atoms with Crippen LogP contribution in [0, 0.1) is 13.8 Å². The quantitative estimate of drug-likeness (QED) is 0.886. The van der Waals surface area contributed by atoms with Crippen LogP contribution in [0.1, 0.15) is 47.1 Å². The lowest BCUT2D eigenvalue weighted by molar-refractivity contribution is 0.102. The summed E-state index contributed by atoms with van der Waals surface area (Å²) in [6.45, 7) is 8.94. The molecule has 0 saturated heterocycles. The molecule has 0 radical (unpaired) electrons. The molecule has 2 rings (SSSR count). The summed E-state index contributed by atoms with van der Waals surface area (Å²) in [6.07, 6.45) is 0. The van der Waals surface area contributed by atoms with Gasteiger partial charge in [-0.15, -0.1) is 11.3 Å². The van der Waals surface area contributed by atoms with E-state index in [-0.39, 0.29) is 11.9 Å². The van der Waals surface area contributed by atoms with Crippen molar-refractivity contribution in [3.05, 3.63) is 46.0 Å². The number of rotatable bonds is 5. The molecule has 5 heteroatoms.